The number of allylic oxidation sites excluding steroid dienone is 6. The van der Waals surface area contributed by atoms with Gasteiger partial charge in [0.2, 0.25) is 5.88 Å². The van der Waals surface area contributed by atoms with Crippen LogP contribution >= 0.6 is 0 Å². The summed E-state index contributed by atoms with van der Waals surface area (Å²) in [6.07, 6.45) is 12.9. The fourth-order valence-electron chi connectivity index (χ4n) is 3.28. The van der Waals surface area contributed by atoms with Crippen molar-refractivity contribution in [2.75, 3.05) is 7.11 Å². The molecule has 0 saturated heterocycles. The molecule has 0 fully saturated rings. The third kappa shape index (κ3) is 2.31. The molecule has 0 N–H and O–H groups in total. The molecule has 1 atom stereocenters. The van der Waals surface area contributed by atoms with E-state index in [2.05, 4.69) is 43.1 Å². The molecule has 0 aromatic carbocycles. The molecule has 2 nitrogen and oxygen atoms in total. The lowest BCUT2D eigenvalue weighted by Crippen LogP contribution is -2.05. The molecule has 104 valence electrons. The predicted octanol–water partition coefficient (Wildman–Crippen LogP) is 4.39. The summed E-state index contributed by atoms with van der Waals surface area (Å²) in [5.41, 5.74) is 6.37. The summed E-state index contributed by atoms with van der Waals surface area (Å²) in [6.45, 7) is 4.21. The van der Waals surface area contributed by atoms with Gasteiger partial charge in [0.15, 0.2) is 0 Å². The number of rotatable bonds is 2. The van der Waals surface area contributed by atoms with Crippen molar-refractivity contribution in [3.8, 4) is 5.88 Å². The third-order valence-electron chi connectivity index (χ3n) is 4.22. The van der Waals surface area contributed by atoms with E-state index < -0.39 is 0 Å². The molecule has 0 aliphatic heterocycles. The van der Waals surface area contributed by atoms with E-state index in [4.69, 9.17) is 4.74 Å². The van der Waals surface area contributed by atoms with E-state index in [-0.39, 0.29) is 0 Å². The monoisotopic (exact) mass is 267 g/mol. The van der Waals surface area contributed by atoms with E-state index in [0.29, 0.717) is 11.8 Å². The predicted molar refractivity (Wildman–Crippen MR) is 82.8 cm³/mol. The normalized spacial score (nSPS) is 21.1. The standard InChI is InChI=1S/C18H21NO/c1-12-10-17(20-3)19-13(2)18(12)16-9-5-7-14-6-4-8-15(16)11-14/h5,7,9-11,14H,4,6,8H2,1-3H3. The molecular formula is C18H21NO. The minimum atomic E-state index is 0.610. The minimum absolute atomic E-state index is 0.610. The highest BCUT2D eigenvalue weighted by Crippen LogP contribution is 2.38. The van der Waals surface area contributed by atoms with Crippen molar-refractivity contribution in [3.05, 3.63) is 52.8 Å². The first-order chi connectivity index (χ1) is 9.69. The van der Waals surface area contributed by atoms with E-state index in [0.717, 1.165) is 5.69 Å². The van der Waals surface area contributed by atoms with E-state index in [1.165, 1.54) is 41.5 Å². The maximum Gasteiger partial charge on any atom is 0.213 e. The van der Waals surface area contributed by atoms with Crippen LogP contribution in [-0.4, -0.2) is 12.1 Å². The van der Waals surface area contributed by atoms with Gasteiger partial charge < -0.3 is 4.74 Å². The third-order valence-corrected chi connectivity index (χ3v) is 4.22. The smallest absolute Gasteiger partial charge is 0.213 e. The second kappa shape index (κ2) is 5.28. The van der Waals surface area contributed by atoms with Crippen molar-refractivity contribution in [1.29, 1.82) is 0 Å². The van der Waals surface area contributed by atoms with Gasteiger partial charge in [-0.05, 0) is 55.7 Å². The van der Waals surface area contributed by atoms with Crippen LogP contribution in [0, 0.1) is 19.8 Å². The molecule has 2 heteroatoms. The van der Waals surface area contributed by atoms with Gasteiger partial charge in [-0.1, -0.05) is 24.3 Å². The molecule has 1 aromatic heterocycles. The van der Waals surface area contributed by atoms with Crippen LogP contribution in [-0.2, 0) is 0 Å². The van der Waals surface area contributed by atoms with Gasteiger partial charge in [-0.3, -0.25) is 0 Å². The van der Waals surface area contributed by atoms with Crippen molar-refractivity contribution < 1.29 is 4.74 Å². The Labute approximate surface area is 120 Å². The van der Waals surface area contributed by atoms with Crippen molar-refractivity contribution in [2.24, 2.45) is 5.92 Å². The number of fused-ring (bicyclic) bond motifs is 1. The van der Waals surface area contributed by atoms with Crippen LogP contribution in [0.4, 0.5) is 0 Å². The van der Waals surface area contributed by atoms with Crippen molar-refractivity contribution >= 4 is 5.57 Å². The zero-order valence-corrected chi connectivity index (χ0v) is 12.4. The van der Waals surface area contributed by atoms with Gasteiger partial charge in [-0.2, -0.15) is 0 Å². The second-order valence-electron chi connectivity index (χ2n) is 5.66. The van der Waals surface area contributed by atoms with Gasteiger partial charge in [0.05, 0.1) is 7.11 Å². The fourth-order valence-corrected chi connectivity index (χ4v) is 3.28. The number of hydrogen-bond donors (Lipinski definition) is 0. The van der Waals surface area contributed by atoms with Crippen LogP contribution in [0.15, 0.2) is 35.9 Å². The second-order valence-corrected chi connectivity index (χ2v) is 5.66. The topological polar surface area (TPSA) is 22.1 Å². The molecule has 0 spiro atoms. The molecule has 3 rings (SSSR count). The molecule has 0 saturated carbocycles. The zero-order chi connectivity index (χ0) is 14.1. The molecule has 0 radical (unpaired) electrons. The number of methoxy groups -OCH3 is 1. The summed E-state index contributed by atoms with van der Waals surface area (Å²) in [7, 11) is 1.67. The maximum atomic E-state index is 5.27. The number of hydrogen-bond acceptors (Lipinski definition) is 2. The summed E-state index contributed by atoms with van der Waals surface area (Å²) < 4.78 is 5.27. The number of pyridine rings is 1. The van der Waals surface area contributed by atoms with E-state index in [9.17, 15) is 0 Å². The molecule has 2 aliphatic carbocycles. The summed E-state index contributed by atoms with van der Waals surface area (Å²) in [6, 6.07) is 2.03. The molecular weight excluding hydrogens is 246 g/mol. The van der Waals surface area contributed by atoms with Crippen LogP contribution in [0.2, 0.25) is 0 Å². The molecule has 20 heavy (non-hydrogen) atoms. The first-order valence-corrected chi connectivity index (χ1v) is 7.31. The highest BCUT2D eigenvalue weighted by Gasteiger charge is 2.20. The first kappa shape index (κ1) is 13.2. The Bertz CT molecular complexity index is 599. The Kier molecular flexibility index (Phi) is 3.47. The van der Waals surface area contributed by atoms with Gasteiger partial charge in [-0.15, -0.1) is 0 Å². The molecule has 1 aromatic rings. The lowest BCUT2D eigenvalue weighted by Gasteiger charge is -2.21. The van der Waals surface area contributed by atoms with Crippen LogP contribution in [0.1, 0.15) is 36.1 Å². The van der Waals surface area contributed by atoms with Gasteiger partial charge in [0, 0.05) is 17.3 Å². The molecule has 1 unspecified atom stereocenters. The molecule has 0 amide bonds. The Morgan fingerprint density at radius 2 is 2.15 bits per heavy atom. The average Bonchev–Trinajstić information content (AvgIpc) is 2.57. The summed E-state index contributed by atoms with van der Waals surface area (Å²) in [4.78, 5) is 4.55. The molecule has 2 aliphatic rings. The SMILES string of the molecule is COc1cc(C)c(C2=CC=CC3C=C2CCC3)c(C)n1. The summed E-state index contributed by atoms with van der Waals surface area (Å²) in [5.74, 6) is 1.31. The van der Waals surface area contributed by atoms with Gasteiger partial charge in [-0.25, -0.2) is 4.98 Å². The Hall–Kier alpha value is -1.83. The Balaban J connectivity index is 2.11. The number of aryl methyl sites for hydroxylation is 2. The lowest BCUT2D eigenvalue weighted by molar-refractivity contribution is 0.396. The van der Waals surface area contributed by atoms with Crippen molar-refractivity contribution in [1.82, 2.24) is 4.98 Å². The van der Waals surface area contributed by atoms with Crippen LogP contribution in [0.3, 0.4) is 0 Å². The fraction of sp³-hybridized carbons (Fsp3) is 0.389. The van der Waals surface area contributed by atoms with E-state index >= 15 is 0 Å². The van der Waals surface area contributed by atoms with Crippen molar-refractivity contribution in [3.63, 3.8) is 0 Å². The van der Waals surface area contributed by atoms with Crippen molar-refractivity contribution in [2.45, 2.75) is 33.1 Å². The number of nitrogens with zero attached hydrogens (tertiary/aromatic N) is 1. The summed E-state index contributed by atoms with van der Waals surface area (Å²) in [5, 5.41) is 0. The van der Waals surface area contributed by atoms with Gasteiger partial charge in [0.1, 0.15) is 0 Å². The molecule has 2 bridgehead atoms. The zero-order valence-electron chi connectivity index (χ0n) is 12.4. The quantitative estimate of drug-likeness (QED) is 0.793. The first-order valence-electron chi connectivity index (χ1n) is 7.31. The number of aromatic nitrogens is 1. The Morgan fingerprint density at radius 1 is 1.30 bits per heavy atom. The highest BCUT2D eigenvalue weighted by molar-refractivity contribution is 5.83. The van der Waals surface area contributed by atoms with E-state index in [1.54, 1.807) is 7.11 Å². The minimum Gasteiger partial charge on any atom is -0.481 e. The van der Waals surface area contributed by atoms with Gasteiger partial charge >= 0.3 is 0 Å². The van der Waals surface area contributed by atoms with Gasteiger partial charge in [0.25, 0.3) is 0 Å². The highest BCUT2D eigenvalue weighted by atomic mass is 16.5. The average molecular weight is 267 g/mol. The largest absolute Gasteiger partial charge is 0.481 e. The maximum absolute atomic E-state index is 5.27. The molecule has 1 heterocycles. The van der Waals surface area contributed by atoms with E-state index in [1.807, 2.05) is 6.07 Å². The summed E-state index contributed by atoms with van der Waals surface area (Å²) >= 11 is 0. The van der Waals surface area contributed by atoms with Crippen LogP contribution in [0.25, 0.3) is 5.57 Å². The lowest BCUT2D eigenvalue weighted by atomic mass is 9.84. The van der Waals surface area contributed by atoms with Crippen LogP contribution < -0.4 is 4.74 Å². The number of ether oxygens (including phenoxy) is 1. The Morgan fingerprint density at radius 3 is 2.90 bits per heavy atom. The van der Waals surface area contributed by atoms with Crippen LogP contribution in [0.5, 0.6) is 5.88 Å².